The number of anilines is 3. The van der Waals surface area contributed by atoms with Crippen molar-refractivity contribution in [2.45, 2.75) is 61.9 Å². The van der Waals surface area contributed by atoms with E-state index in [0.29, 0.717) is 22.8 Å². The van der Waals surface area contributed by atoms with Gasteiger partial charge in [0.15, 0.2) is 11.0 Å². The van der Waals surface area contributed by atoms with E-state index >= 15 is 0 Å². The second-order valence-electron chi connectivity index (χ2n) is 8.42. The first-order valence-electron chi connectivity index (χ1n) is 9.91. The van der Waals surface area contributed by atoms with Gasteiger partial charge in [-0.3, -0.25) is 9.89 Å². The minimum atomic E-state index is -0.0920. The molecule has 1 aliphatic carbocycles. The first-order chi connectivity index (χ1) is 14.3. The Morgan fingerprint density at radius 3 is 2.47 bits per heavy atom. The van der Waals surface area contributed by atoms with E-state index in [2.05, 4.69) is 56.6 Å². The molecule has 0 bridgehead atoms. The van der Waals surface area contributed by atoms with Gasteiger partial charge in [0.1, 0.15) is 5.82 Å². The SMILES string of the molecule is CC(=O)Nc1ccc(Sc2nc(Nc3cc(C(C)(C)C)[nH]n3)nc(C3CC3)n2)cc1. The van der Waals surface area contributed by atoms with Gasteiger partial charge in [-0.25, -0.2) is 4.98 Å². The van der Waals surface area contributed by atoms with Crippen molar-refractivity contribution >= 4 is 35.1 Å². The van der Waals surface area contributed by atoms with Crippen LogP contribution in [0.2, 0.25) is 0 Å². The number of hydrogen-bond donors (Lipinski definition) is 3. The van der Waals surface area contributed by atoms with Gasteiger partial charge >= 0.3 is 0 Å². The number of amides is 1. The monoisotopic (exact) mass is 423 g/mol. The minimum Gasteiger partial charge on any atom is -0.326 e. The molecule has 3 aromatic rings. The van der Waals surface area contributed by atoms with Crippen molar-refractivity contribution < 1.29 is 4.79 Å². The number of aromatic nitrogens is 5. The van der Waals surface area contributed by atoms with Crippen LogP contribution in [0.3, 0.4) is 0 Å². The van der Waals surface area contributed by atoms with Gasteiger partial charge in [-0.15, -0.1) is 0 Å². The number of nitrogens with zero attached hydrogens (tertiary/aromatic N) is 4. The van der Waals surface area contributed by atoms with Crippen molar-refractivity contribution in [1.29, 1.82) is 0 Å². The van der Waals surface area contributed by atoms with Crippen molar-refractivity contribution in [3.05, 3.63) is 41.9 Å². The molecule has 1 aromatic carbocycles. The zero-order valence-electron chi connectivity index (χ0n) is 17.5. The quantitative estimate of drug-likeness (QED) is 0.531. The highest BCUT2D eigenvalue weighted by atomic mass is 32.2. The van der Waals surface area contributed by atoms with E-state index in [1.807, 2.05) is 30.3 Å². The number of nitrogens with one attached hydrogen (secondary N) is 3. The average Bonchev–Trinajstić information content (AvgIpc) is 3.41. The number of hydrogen-bond acceptors (Lipinski definition) is 7. The van der Waals surface area contributed by atoms with Crippen LogP contribution in [0, 0.1) is 0 Å². The molecular formula is C21H25N7OS. The maximum atomic E-state index is 11.2. The van der Waals surface area contributed by atoms with Gasteiger partial charge in [-0.2, -0.15) is 15.1 Å². The average molecular weight is 424 g/mol. The first-order valence-corrected chi connectivity index (χ1v) is 10.7. The zero-order chi connectivity index (χ0) is 21.3. The molecule has 1 saturated carbocycles. The number of H-pyrrole nitrogens is 1. The molecule has 0 spiro atoms. The Morgan fingerprint density at radius 1 is 1.13 bits per heavy atom. The molecule has 1 fully saturated rings. The maximum Gasteiger partial charge on any atom is 0.232 e. The Labute approximate surface area is 179 Å². The highest BCUT2D eigenvalue weighted by molar-refractivity contribution is 7.99. The molecule has 0 radical (unpaired) electrons. The topological polar surface area (TPSA) is 108 Å². The highest BCUT2D eigenvalue weighted by Gasteiger charge is 2.28. The lowest BCUT2D eigenvalue weighted by atomic mass is 9.92. The summed E-state index contributed by atoms with van der Waals surface area (Å²) < 4.78 is 0. The van der Waals surface area contributed by atoms with Gasteiger partial charge in [0.2, 0.25) is 11.9 Å². The molecule has 0 atom stereocenters. The van der Waals surface area contributed by atoms with Crippen LogP contribution in [0.15, 0.2) is 40.4 Å². The lowest BCUT2D eigenvalue weighted by Gasteiger charge is -2.14. The van der Waals surface area contributed by atoms with Crippen LogP contribution in [0.5, 0.6) is 0 Å². The second-order valence-corrected chi connectivity index (χ2v) is 9.46. The van der Waals surface area contributed by atoms with Crippen LogP contribution < -0.4 is 10.6 Å². The van der Waals surface area contributed by atoms with Crippen LogP contribution >= 0.6 is 11.8 Å². The molecule has 156 valence electrons. The lowest BCUT2D eigenvalue weighted by Crippen LogP contribution is -2.11. The van der Waals surface area contributed by atoms with Crippen LogP contribution in [0.4, 0.5) is 17.5 Å². The summed E-state index contributed by atoms with van der Waals surface area (Å²) in [6.07, 6.45) is 2.21. The lowest BCUT2D eigenvalue weighted by molar-refractivity contribution is -0.114. The van der Waals surface area contributed by atoms with Gasteiger partial charge in [-0.05, 0) is 48.9 Å². The second kappa shape index (κ2) is 8.06. The van der Waals surface area contributed by atoms with E-state index in [1.165, 1.54) is 18.7 Å². The molecule has 0 aliphatic heterocycles. The van der Waals surface area contributed by atoms with E-state index in [1.54, 1.807) is 0 Å². The van der Waals surface area contributed by atoms with Gasteiger partial charge in [0.25, 0.3) is 0 Å². The molecule has 4 rings (SSSR count). The van der Waals surface area contributed by atoms with Crippen molar-refractivity contribution in [3.63, 3.8) is 0 Å². The molecule has 30 heavy (non-hydrogen) atoms. The fourth-order valence-electron chi connectivity index (χ4n) is 2.80. The molecule has 9 heteroatoms. The Kier molecular flexibility index (Phi) is 5.46. The molecular weight excluding hydrogens is 398 g/mol. The Balaban J connectivity index is 1.54. The summed E-state index contributed by atoms with van der Waals surface area (Å²) in [5, 5.41) is 14.0. The molecule has 1 amide bonds. The van der Waals surface area contributed by atoms with E-state index < -0.39 is 0 Å². The number of aromatic amines is 1. The standard InChI is InChI=1S/C21H25N7OS/c1-12(29)22-14-7-9-15(10-8-14)30-20-25-18(13-5-6-13)24-19(26-20)23-17-11-16(27-28-17)21(2,3)4/h7-11,13H,5-6H2,1-4H3,(H,22,29)(H2,23,24,25,26,27,28). The maximum absolute atomic E-state index is 11.2. The van der Waals surface area contributed by atoms with Crippen molar-refractivity contribution in [3.8, 4) is 0 Å². The summed E-state index contributed by atoms with van der Waals surface area (Å²) in [5.74, 6) is 2.31. The molecule has 3 N–H and O–H groups in total. The summed E-state index contributed by atoms with van der Waals surface area (Å²) >= 11 is 1.47. The summed E-state index contributed by atoms with van der Waals surface area (Å²) in [7, 11) is 0. The number of carbonyl (C=O) groups excluding carboxylic acids is 1. The fourth-order valence-corrected chi connectivity index (χ4v) is 3.55. The summed E-state index contributed by atoms with van der Waals surface area (Å²) in [5.41, 5.74) is 1.78. The van der Waals surface area contributed by atoms with Crippen LogP contribution in [0.1, 0.15) is 58.0 Å². The van der Waals surface area contributed by atoms with E-state index in [4.69, 9.17) is 0 Å². The number of benzene rings is 1. The Morgan fingerprint density at radius 2 is 1.87 bits per heavy atom. The van der Waals surface area contributed by atoms with E-state index in [9.17, 15) is 4.79 Å². The smallest absolute Gasteiger partial charge is 0.232 e. The first kappa shape index (κ1) is 20.3. The van der Waals surface area contributed by atoms with Crippen molar-refractivity contribution in [2.24, 2.45) is 0 Å². The summed E-state index contributed by atoms with van der Waals surface area (Å²) in [6.45, 7) is 7.88. The third-order valence-electron chi connectivity index (χ3n) is 4.58. The molecule has 2 aromatic heterocycles. The molecule has 0 saturated heterocycles. The van der Waals surface area contributed by atoms with Crippen LogP contribution in [-0.2, 0) is 10.2 Å². The fraction of sp³-hybridized carbons (Fsp3) is 0.381. The van der Waals surface area contributed by atoms with E-state index in [-0.39, 0.29) is 11.3 Å². The summed E-state index contributed by atoms with van der Waals surface area (Å²) in [6, 6.07) is 9.58. The normalized spacial score (nSPS) is 13.9. The highest BCUT2D eigenvalue weighted by Crippen LogP contribution is 2.39. The summed E-state index contributed by atoms with van der Waals surface area (Å²) in [4.78, 5) is 26.0. The molecule has 0 unspecified atom stereocenters. The molecule has 8 nitrogen and oxygen atoms in total. The van der Waals surface area contributed by atoms with Gasteiger partial charge in [0.05, 0.1) is 0 Å². The third kappa shape index (κ3) is 5.15. The zero-order valence-corrected chi connectivity index (χ0v) is 18.3. The third-order valence-corrected chi connectivity index (χ3v) is 5.46. The van der Waals surface area contributed by atoms with Crippen molar-refractivity contribution in [2.75, 3.05) is 10.6 Å². The van der Waals surface area contributed by atoms with Gasteiger partial charge in [-0.1, -0.05) is 20.8 Å². The minimum absolute atomic E-state index is 0.0182. The van der Waals surface area contributed by atoms with E-state index in [0.717, 1.165) is 34.9 Å². The van der Waals surface area contributed by atoms with Crippen LogP contribution in [0.25, 0.3) is 0 Å². The molecule has 2 heterocycles. The molecule has 1 aliphatic rings. The predicted molar refractivity (Wildman–Crippen MR) is 117 cm³/mol. The van der Waals surface area contributed by atoms with Crippen LogP contribution in [-0.4, -0.2) is 31.1 Å². The largest absolute Gasteiger partial charge is 0.326 e. The predicted octanol–water partition coefficient (Wildman–Crippen LogP) is 4.62. The van der Waals surface area contributed by atoms with Crippen molar-refractivity contribution in [1.82, 2.24) is 25.1 Å². The Hall–Kier alpha value is -2.94. The van der Waals surface area contributed by atoms with Gasteiger partial charge < -0.3 is 10.6 Å². The Bertz CT molecular complexity index is 1050. The number of rotatable bonds is 6. The van der Waals surface area contributed by atoms with Gasteiger partial charge in [0, 0.05) is 40.6 Å². The number of carbonyl (C=O) groups is 1.